The summed E-state index contributed by atoms with van der Waals surface area (Å²) < 4.78 is 5.58. The number of amides is 2. The molecule has 1 aliphatic heterocycles. The Bertz CT molecular complexity index is 864. The fourth-order valence-corrected chi connectivity index (χ4v) is 3.56. The lowest BCUT2D eigenvalue weighted by Gasteiger charge is -2.36. The smallest absolute Gasteiger partial charge is 0.411 e. The first-order valence-corrected chi connectivity index (χ1v) is 10.0. The SMILES string of the molecule is CC(C)CCNC(=O)[C@@H]1Cc2c([nH]c3ccccc23)CN1C(=O)OC(C)(C)C. The molecule has 0 aliphatic carbocycles. The molecule has 0 bridgehead atoms. The van der Waals surface area contributed by atoms with E-state index in [4.69, 9.17) is 4.74 Å². The Labute approximate surface area is 166 Å². The van der Waals surface area contributed by atoms with Crippen LogP contribution in [0.25, 0.3) is 10.9 Å². The molecule has 1 aromatic carbocycles. The second kappa shape index (κ2) is 7.86. The van der Waals surface area contributed by atoms with Gasteiger partial charge in [-0.25, -0.2) is 4.79 Å². The number of fused-ring (bicyclic) bond motifs is 3. The van der Waals surface area contributed by atoms with Crippen LogP contribution in [0.5, 0.6) is 0 Å². The highest BCUT2D eigenvalue weighted by Crippen LogP contribution is 2.31. The van der Waals surface area contributed by atoms with Crippen LogP contribution in [0.15, 0.2) is 24.3 Å². The minimum Gasteiger partial charge on any atom is -0.444 e. The lowest BCUT2D eigenvalue weighted by atomic mass is 9.96. The Hall–Kier alpha value is -2.50. The van der Waals surface area contributed by atoms with Crippen molar-refractivity contribution in [1.29, 1.82) is 0 Å². The number of nitrogens with zero attached hydrogens (tertiary/aromatic N) is 1. The van der Waals surface area contributed by atoms with Gasteiger partial charge in [-0.05, 0) is 44.7 Å². The lowest BCUT2D eigenvalue weighted by Crippen LogP contribution is -2.53. The molecule has 28 heavy (non-hydrogen) atoms. The molecule has 6 heteroatoms. The first-order chi connectivity index (χ1) is 13.2. The van der Waals surface area contributed by atoms with E-state index in [1.165, 1.54) is 0 Å². The number of para-hydroxylation sites is 1. The van der Waals surface area contributed by atoms with Crippen molar-refractivity contribution in [3.8, 4) is 0 Å². The van der Waals surface area contributed by atoms with Gasteiger partial charge in [0.05, 0.1) is 6.54 Å². The summed E-state index contributed by atoms with van der Waals surface area (Å²) in [6.45, 7) is 10.7. The first-order valence-electron chi connectivity index (χ1n) is 10.0. The molecule has 2 heterocycles. The highest BCUT2D eigenvalue weighted by molar-refractivity contribution is 5.90. The Morgan fingerprint density at radius 2 is 2.00 bits per heavy atom. The second-order valence-electron chi connectivity index (χ2n) is 8.93. The van der Waals surface area contributed by atoms with Crippen molar-refractivity contribution in [3.63, 3.8) is 0 Å². The summed E-state index contributed by atoms with van der Waals surface area (Å²) in [5, 5.41) is 4.12. The minimum atomic E-state index is -0.615. The Morgan fingerprint density at radius 3 is 2.68 bits per heavy atom. The van der Waals surface area contributed by atoms with Gasteiger partial charge < -0.3 is 15.0 Å². The molecule has 2 N–H and O–H groups in total. The zero-order valence-corrected chi connectivity index (χ0v) is 17.5. The zero-order chi connectivity index (χ0) is 20.5. The van der Waals surface area contributed by atoms with E-state index in [0.717, 1.165) is 28.6 Å². The summed E-state index contributed by atoms with van der Waals surface area (Å²) in [6, 6.07) is 7.47. The third-order valence-corrected chi connectivity index (χ3v) is 4.96. The fraction of sp³-hybridized carbons (Fsp3) is 0.545. The third-order valence-electron chi connectivity index (χ3n) is 4.96. The zero-order valence-electron chi connectivity index (χ0n) is 17.5. The van der Waals surface area contributed by atoms with Gasteiger partial charge in [0, 0.05) is 29.6 Å². The second-order valence-corrected chi connectivity index (χ2v) is 8.93. The maximum Gasteiger partial charge on any atom is 0.411 e. The minimum absolute atomic E-state index is 0.123. The van der Waals surface area contributed by atoms with Crippen LogP contribution in [0.1, 0.15) is 52.3 Å². The van der Waals surface area contributed by atoms with Crippen LogP contribution < -0.4 is 5.32 Å². The molecule has 1 aliphatic rings. The number of rotatable bonds is 4. The molecule has 0 saturated heterocycles. The molecule has 0 fully saturated rings. The Morgan fingerprint density at radius 1 is 1.29 bits per heavy atom. The van der Waals surface area contributed by atoms with Gasteiger partial charge in [0.1, 0.15) is 11.6 Å². The number of benzene rings is 1. The monoisotopic (exact) mass is 385 g/mol. The van der Waals surface area contributed by atoms with Gasteiger partial charge in [-0.15, -0.1) is 0 Å². The van der Waals surface area contributed by atoms with Gasteiger partial charge in [-0.2, -0.15) is 0 Å². The van der Waals surface area contributed by atoms with Gasteiger partial charge in [0.25, 0.3) is 0 Å². The average Bonchev–Trinajstić information content (AvgIpc) is 2.96. The number of carbonyl (C=O) groups excluding carboxylic acids is 2. The molecule has 0 radical (unpaired) electrons. The molecule has 1 atom stereocenters. The molecule has 152 valence electrons. The first kappa shape index (κ1) is 20.2. The van der Waals surface area contributed by atoms with Gasteiger partial charge in [-0.3, -0.25) is 9.69 Å². The predicted octanol–water partition coefficient (Wildman–Crippen LogP) is 3.99. The summed E-state index contributed by atoms with van der Waals surface area (Å²) in [5.41, 5.74) is 2.49. The van der Waals surface area contributed by atoms with Crippen LogP contribution >= 0.6 is 0 Å². The van der Waals surface area contributed by atoms with Crippen molar-refractivity contribution in [2.75, 3.05) is 6.54 Å². The number of carbonyl (C=O) groups is 2. The summed E-state index contributed by atoms with van der Waals surface area (Å²) in [7, 11) is 0. The summed E-state index contributed by atoms with van der Waals surface area (Å²) in [4.78, 5) is 30.8. The number of H-pyrrole nitrogens is 1. The van der Waals surface area contributed by atoms with Crippen LogP contribution in [-0.2, 0) is 22.5 Å². The number of aromatic nitrogens is 1. The number of nitrogens with one attached hydrogen (secondary N) is 2. The molecular formula is C22H31N3O3. The van der Waals surface area contributed by atoms with Crippen LogP contribution in [-0.4, -0.2) is 40.1 Å². The average molecular weight is 386 g/mol. The summed E-state index contributed by atoms with van der Waals surface area (Å²) in [5.74, 6) is 0.385. The quantitative estimate of drug-likeness (QED) is 0.836. The summed E-state index contributed by atoms with van der Waals surface area (Å²) in [6.07, 6.45) is 0.927. The van der Waals surface area contributed by atoms with Gasteiger partial charge in [-0.1, -0.05) is 32.0 Å². The van der Waals surface area contributed by atoms with E-state index in [0.29, 0.717) is 25.4 Å². The number of ether oxygens (including phenoxy) is 1. The number of hydrogen-bond donors (Lipinski definition) is 2. The molecule has 6 nitrogen and oxygen atoms in total. The van der Waals surface area contributed by atoms with Crippen molar-refractivity contribution < 1.29 is 14.3 Å². The maximum atomic E-state index is 13.0. The topological polar surface area (TPSA) is 74.4 Å². The number of aromatic amines is 1. The Kier molecular flexibility index (Phi) is 5.68. The molecule has 0 spiro atoms. The van der Waals surface area contributed by atoms with Crippen molar-refractivity contribution >= 4 is 22.9 Å². The molecule has 0 unspecified atom stereocenters. The molecule has 2 amide bonds. The molecular weight excluding hydrogens is 354 g/mol. The van der Waals surface area contributed by atoms with Gasteiger partial charge in [0.2, 0.25) is 5.91 Å². The van der Waals surface area contributed by atoms with Crippen molar-refractivity contribution in [2.24, 2.45) is 5.92 Å². The third kappa shape index (κ3) is 4.49. The molecule has 1 aromatic heterocycles. The van der Waals surface area contributed by atoms with E-state index < -0.39 is 17.7 Å². The lowest BCUT2D eigenvalue weighted by molar-refractivity contribution is -0.127. The van der Waals surface area contributed by atoms with Gasteiger partial charge in [0.15, 0.2) is 0 Å². The van der Waals surface area contributed by atoms with E-state index in [1.807, 2.05) is 39.0 Å². The standard InChI is InChI=1S/C22H31N3O3/c1-14(2)10-11-23-20(26)19-12-16-15-8-6-7-9-17(15)24-18(16)13-25(19)21(27)28-22(3,4)5/h6-9,14,19,24H,10-13H2,1-5H3,(H,23,26)/t19-/m0/s1. The van der Waals surface area contributed by atoms with Crippen molar-refractivity contribution in [1.82, 2.24) is 15.2 Å². The van der Waals surface area contributed by atoms with E-state index in [9.17, 15) is 9.59 Å². The van der Waals surface area contributed by atoms with E-state index in [1.54, 1.807) is 4.90 Å². The van der Waals surface area contributed by atoms with E-state index >= 15 is 0 Å². The molecule has 2 aromatic rings. The summed E-state index contributed by atoms with van der Waals surface area (Å²) >= 11 is 0. The molecule has 0 saturated carbocycles. The Balaban J connectivity index is 1.88. The number of hydrogen-bond acceptors (Lipinski definition) is 3. The maximum absolute atomic E-state index is 13.0. The van der Waals surface area contributed by atoms with Crippen molar-refractivity contribution in [2.45, 2.75) is 65.6 Å². The van der Waals surface area contributed by atoms with Crippen molar-refractivity contribution in [3.05, 3.63) is 35.5 Å². The van der Waals surface area contributed by atoms with Gasteiger partial charge >= 0.3 is 6.09 Å². The largest absolute Gasteiger partial charge is 0.444 e. The van der Waals surface area contributed by atoms with Crippen LogP contribution in [0.4, 0.5) is 4.79 Å². The predicted molar refractivity (Wildman–Crippen MR) is 110 cm³/mol. The van der Waals surface area contributed by atoms with Crippen LogP contribution in [0.2, 0.25) is 0 Å². The van der Waals surface area contributed by atoms with E-state index in [2.05, 4.69) is 30.2 Å². The highest BCUT2D eigenvalue weighted by atomic mass is 16.6. The normalized spacial score (nSPS) is 16.9. The van der Waals surface area contributed by atoms with Crippen LogP contribution in [0.3, 0.4) is 0 Å². The van der Waals surface area contributed by atoms with E-state index in [-0.39, 0.29) is 5.91 Å². The fourth-order valence-electron chi connectivity index (χ4n) is 3.56. The van der Waals surface area contributed by atoms with Crippen LogP contribution in [0, 0.1) is 5.92 Å². The molecule has 3 rings (SSSR count). The highest BCUT2D eigenvalue weighted by Gasteiger charge is 2.38.